The largest absolute Gasteiger partial charge is 0.396 e. The molecule has 0 unspecified atom stereocenters. The third-order valence-corrected chi connectivity index (χ3v) is 5.63. The highest BCUT2D eigenvalue weighted by molar-refractivity contribution is 14.0. The maximum atomic E-state index is 13.7. The minimum absolute atomic E-state index is 0. The second kappa shape index (κ2) is 12.9. The molecule has 1 aliphatic rings. The molecule has 5 nitrogen and oxygen atoms in total. The van der Waals surface area contributed by atoms with Crippen LogP contribution in [0.1, 0.15) is 36.5 Å². The van der Waals surface area contributed by atoms with Gasteiger partial charge in [-0.1, -0.05) is 24.3 Å². The van der Waals surface area contributed by atoms with Gasteiger partial charge >= 0.3 is 0 Å². The van der Waals surface area contributed by atoms with E-state index in [4.69, 9.17) is 0 Å². The molecule has 7 heteroatoms. The van der Waals surface area contributed by atoms with Gasteiger partial charge in [0.15, 0.2) is 5.96 Å². The molecule has 0 amide bonds. The topological polar surface area (TPSA) is 59.9 Å². The highest BCUT2D eigenvalue weighted by Gasteiger charge is 2.18. The summed E-state index contributed by atoms with van der Waals surface area (Å²) in [6, 6.07) is 13.8. The zero-order valence-electron chi connectivity index (χ0n) is 18.4. The Morgan fingerprint density at radius 2 is 1.77 bits per heavy atom. The molecule has 170 valence electrons. The molecule has 31 heavy (non-hydrogen) atoms. The molecule has 0 saturated carbocycles. The molecule has 3 rings (SSSR count). The lowest BCUT2D eigenvalue weighted by Crippen LogP contribution is -2.37. The van der Waals surface area contributed by atoms with Gasteiger partial charge < -0.3 is 20.6 Å². The number of aliphatic imine (C=N–C) groups is 1. The Morgan fingerprint density at radius 1 is 1.10 bits per heavy atom. The molecule has 2 aromatic rings. The number of hydrogen-bond acceptors (Lipinski definition) is 3. The van der Waals surface area contributed by atoms with Crippen LogP contribution in [0.15, 0.2) is 47.5 Å². The molecule has 0 atom stereocenters. The SMILES string of the molecule is CCNC(=NCc1ccc(C)c(F)c1)NCc1ccc(N2CCC(CO)CC2)cc1.I. The van der Waals surface area contributed by atoms with Crippen molar-refractivity contribution in [3.8, 4) is 0 Å². The third-order valence-electron chi connectivity index (χ3n) is 5.63. The summed E-state index contributed by atoms with van der Waals surface area (Å²) in [5.74, 6) is 0.972. The molecule has 0 bridgehead atoms. The summed E-state index contributed by atoms with van der Waals surface area (Å²) in [4.78, 5) is 6.96. The molecule has 0 aromatic heterocycles. The number of rotatable bonds is 7. The summed E-state index contributed by atoms with van der Waals surface area (Å²) in [6.45, 7) is 7.94. The minimum atomic E-state index is -0.193. The number of aliphatic hydroxyl groups is 1. The summed E-state index contributed by atoms with van der Waals surface area (Å²) >= 11 is 0. The predicted octanol–water partition coefficient (Wildman–Crippen LogP) is 4.22. The maximum Gasteiger partial charge on any atom is 0.191 e. The average molecular weight is 540 g/mol. The van der Waals surface area contributed by atoms with E-state index in [0.717, 1.165) is 38.0 Å². The van der Waals surface area contributed by atoms with Crippen LogP contribution in [0.25, 0.3) is 0 Å². The lowest BCUT2D eigenvalue weighted by molar-refractivity contribution is 0.203. The van der Waals surface area contributed by atoms with Gasteiger partial charge in [0.25, 0.3) is 0 Å². The number of guanidine groups is 1. The van der Waals surface area contributed by atoms with E-state index in [0.29, 0.717) is 37.1 Å². The summed E-state index contributed by atoms with van der Waals surface area (Å²) in [5.41, 5.74) is 3.91. The van der Waals surface area contributed by atoms with E-state index >= 15 is 0 Å². The van der Waals surface area contributed by atoms with Crippen molar-refractivity contribution in [2.24, 2.45) is 10.9 Å². The monoisotopic (exact) mass is 540 g/mol. The summed E-state index contributed by atoms with van der Waals surface area (Å²) < 4.78 is 13.7. The number of aryl methyl sites for hydroxylation is 1. The van der Waals surface area contributed by atoms with Gasteiger partial charge in [0.2, 0.25) is 0 Å². The first-order chi connectivity index (χ1) is 14.6. The average Bonchev–Trinajstić information content (AvgIpc) is 2.78. The number of aliphatic hydroxyl groups excluding tert-OH is 1. The van der Waals surface area contributed by atoms with Crippen LogP contribution in [0, 0.1) is 18.7 Å². The molecular formula is C24H34FIN4O. The first-order valence-corrected chi connectivity index (χ1v) is 10.8. The van der Waals surface area contributed by atoms with E-state index in [1.54, 1.807) is 19.1 Å². The smallest absolute Gasteiger partial charge is 0.191 e. The van der Waals surface area contributed by atoms with Gasteiger partial charge in [0.05, 0.1) is 6.54 Å². The van der Waals surface area contributed by atoms with Crippen molar-refractivity contribution in [2.45, 2.75) is 39.8 Å². The quantitative estimate of drug-likeness (QED) is 0.280. The normalized spacial score (nSPS) is 14.8. The molecule has 0 spiro atoms. The summed E-state index contributed by atoms with van der Waals surface area (Å²) in [5, 5.41) is 15.9. The standard InChI is InChI=1S/C24H33FN4O.HI/c1-3-26-24(28-16-21-5-4-18(2)23(25)14-21)27-15-19-6-8-22(9-7-19)29-12-10-20(17-30)11-13-29;/h4-9,14,20,30H,3,10-13,15-17H2,1-2H3,(H2,26,27,28);1H. The van der Waals surface area contributed by atoms with E-state index in [2.05, 4.69) is 44.8 Å². The summed E-state index contributed by atoms with van der Waals surface area (Å²) in [7, 11) is 0. The zero-order chi connectivity index (χ0) is 21.3. The van der Waals surface area contributed by atoms with Gasteiger partial charge in [-0.25, -0.2) is 9.38 Å². The number of anilines is 1. The highest BCUT2D eigenvalue weighted by atomic mass is 127. The zero-order valence-corrected chi connectivity index (χ0v) is 20.7. The van der Waals surface area contributed by atoms with Crippen molar-refractivity contribution in [3.05, 3.63) is 65.0 Å². The van der Waals surface area contributed by atoms with Crippen molar-refractivity contribution in [3.63, 3.8) is 0 Å². The molecular weight excluding hydrogens is 506 g/mol. The molecule has 1 aliphatic heterocycles. The van der Waals surface area contributed by atoms with Crippen molar-refractivity contribution >= 4 is 35.6 Å². The number of benzene rings is 2. The van der Waals surface area contributed by atoms with Crippen molar-refractivity contribution < 1.29 is 9.50 Å². The van der Waals surface area contributed by atoms with Crippen LogP contribution < -0.4 is 15.5 Å². The van der Waals surface area contributed by atoms with Crippen LogP contribution in [0.2, 0.25) is 0 Å². The van der Waals surface area contributed by atoms with Crippen LogP contribution in [-0.2, 0) is 13.1 Å². The second-order valence-corrected chi connectivity index (χ2v) is 7.91. The van der Waals surface area contributed by atoms with Gasteiger partial charge in [-0.05, 0) is 67.5 Å². The highest BCUT2D eigenvalue weighted by Crippen LogP contribution is 2.23. The number of piperidine rings is 1. The first kappa shape index (κ1) is 25.4. The number of hydrogen-bond donors (Lipinski definition) is 3. The lowest BCUT2D eigenvalue weighted by atomic mass is 9.97. The van der Waals surface area contributed by atoms with Gasteiger partial charge in [0.1, 0.15) is 5.82 Å². The van der Waals surface area contributed by atoms with E-state index in [1.165, 1.54) is 11.3 Å². The molecule has 0 radical (unpaired) electrons. The van der Waals surface area contributed by atoms with Crippen molar-refractivity contribution in [1.29, 1.82) is 0 Å². The Hall–Kier alpha value is -1.87. The van der Waals surface area contributed by atoms with Crippen LogP contribution in [0.3, 0.4) is 0 Å². The molecule has 1 heterocycles. The van der Waals surface area contributed by atoms with Gasteiger partial charge in [-0.15, -0.1) is 24.0 Å². The van der Waals surface area contributed by atoms with Crippen molar-refractivity contribution in [1.82, 2.24) is 10.6 Å². The first-order valence-electron chi connectivity index (χ1n) is 10.8. The lowest BCUT2D eigenvalue weighted by Gasteiger charge is -2.33. The van der Waals surface area contributed by atoms with E-state index < -0.39 is 0 Å². The van der Waals surface area contributed by atoms with Crippen molar-refractivity contribution in [2.75, 3.05) is 31.1 Å². The van der Waals surface area contributed by atoms with Crippen LogP contribution in [0.4, 0.5) is 10.1 Å². The Kier molecular flexibility index (Phi) is 10.5. The van der Waals surface area contributed by atoms with Crippen LogP contribution in [0.5, 0.6) is 0 Å². The van der Waals surface area contributed by atoms with Crippen LogP contribution in [-0.4, -0.2) is 37.3 Å². The number of nitrogens with one attached hydrogen (secondary N) is 2. The fourth-order valence-electron chi connectivity index (χ4n) is 3.63. The van der Waals surface area contributed by atoms with Gasteiger partial charge in [0, 0.05) is 38.5 Å². The minimum Gasteiger partial charge on any atom is -0.396 e. The molecule has 1 saturated heterocycles. The Labute approximate surface area is 202 Å². The second-order valence-electron chi connectivity index (χ2n) is 7.91. The Morgan fingerprint density at radius 3 is 2.39 bits per heavy atom. The fourth-order valence-corrected chi connectivity index (χ4v) is 3.63. The predicted molar refractivity (Wildman–Crippen MR) is 137 cm³/mol. The number of halogens is 2. The van der Waals surface area contributed by atoms with Crippen LogP contribution >= 0.6 is 24.0 Å². The fraction of sp³-hybridized carbons (Fsp3) is 0.458. The van der Waals surface area contributed by atoms with Gasteiger partial charge in [-0.2, -0.15) is 0 Å². The van der Waals surface area contributed by atoms with E-state index in [1.807, 2.05) is 13.0 Å². The molecule has 3 N–H and O–H groups in total. The van der Waals surface area contributed by atoms with E-state index in [-0.39, 0.29) is 29.8 Å². The van der Waals surface area contributed by atoms with Gasteiger partial charge in [-0.3, -0.25) is 0 Å². The maximum absolute atomic E-state index is 13.7. The Bertz CT molecular complexity index is 836. The number of nitrogens with zero attached hydrogens (tertiary/aromatic N) is 2. The van der Waals surface area contributed by atoms with E-state index in [9.17, 15) is 9.50 Å². The molecule has 1 fully saturated rings. The molecule has 2 aromatic carbocycles. The summed E-state index contributed by atoms with van der Waals surface area (Å²) in [6.07, 6.45) is 2.10. The third kappa shape index (κ3) is 7.64. The molecule has 0 aliphatic carbocycles. The Balaban J connectivity index is 0.00000341.